The van der Waals surface area contributed by atoms with Crippen molar-refractivity contribution in [1.82, 2.24) is 10.6 Å². The van der Waals surface area contributed by atoms with Gasteiger partial charge < -0.3 is 10.6 Å². The molecule has 0 unspecified atom stereocenters. The third-order valence-corrected chi connectivity index (χ3v) is 2.01. The molecule has 0 aromatic carbocycles. The molecule has 2 rings (SSSR count). The molecular weight excluding hydrogens is 207 g/mol. The lowest BCUT2D eigenvalue weighted by Gasteiger charge is -2.11. The fourth-order valence-corrected chi connectivity index (χ4v) is 1.28. The normalized spacial score (nSPS) is 14.2. The van der Waals surface area contributed by atoms with E-state index in [1.54, 1.807) is 11.3 Å². The van der Waals surface area contributed by atoms with E-state index < -0.39 is 0 Å². The number of thiophene rings is 1. The fourth-order valence-electron chi connectivity index (χ4n) is 0.830. The Balaban J connectivity index is 0. The van der Waals surface area contributed by atoms with E-state index in [0.29, 0.717) is 0 Å². The monoisotopic (exact) mass is 224 g/mol. The molecule has 0 amide bonds. The Labute approximate surface area is 89.6 Å². The lowest BCUT2D eigenvalue weighted by atomic mass is 10.4. The first-order chi connectivity index (χ1) is 5.50. The Hall–Kier alpha value is -0.100. The Morgan fingerprint density at radius 2 is 1.23 bits per heavy atom. The van der Waals surface area contributed by atoms with Crippen LogP contribution in [0, 0.1) is 0 Å². The highest BCUT2D eigenvalue weighted by molar-refractivity contribution is 7.59. The Morgan fingerprint density at radius 1 is 0.846 bits per heavy atom. The van der Waals surface area contributed by atoms with Crippen molar-refractivity contribution in [2.75, 3.05) is 26.2 Å². The van der Waals surface area contributed by atoms with Crippen LogP contribution in [0.4, 0.5) is 4.70 Å². The van der Waals surface area contributed by atoms with E-state index in [2.05, 4.69) is 10.6 Å². The predicted molar refractivity (Wildman–Crippen MR) is 62.9 cm³/mol. The van der Waals surface area contributed by atoms with E-state index in [0.717, 1.165) is 26.2 Å². The second-order valence-corrected chi connectivity index (χ2v) is 3.11. The minimum Gasteiger partial charge on any atom is -0.314 e. The zero-order valence-electron chi connectivity index (χ0n) is 7.45. The quantitative estimate of drug-likeness (QED) is 0.692. The van der Waals surface area contributed by atoms with E-state index in [1.807, 2.05) is 22.9 Å². The molecule has 0 aliphatic carbocycles. The summed E-state index contributed by atoms with van der Waals surface area (Å²) < 4.78 is 0. The molecule has 1 aliphatic heterocycles. The SMILES string of the molecule is C1CNCCN1.F.S.c1ccsc1. The minimum atomic E-state index is 0. The van der Waals surface area contributed by atoms with Crippen LogP contribution in [-0.2, 0) is 0 Å². The Morgan fingerprint density at radius 3 is 1.38 bits per heavy atom. The van der Waals surface area contributed by atoms with Crippen LogP contribution in [0.1, 0.15) is 0 Å². The maximum Gasteiger partial charge on any atom is 0.00772 e. The second-order valence-electron chi connectivity index (χ2n) is 2.29. The van der Waals surface area contributed by atoms with Crippen LogP contribution in [0.3, 0.4) is 0 Å². The van der Waals surface area contributed by atoms with Gasteiger partial charge in [-0.25, -0.2) is 0 Å². The number of nitrogens with one attached hydrogen (secondary N) is 2. The standard InChI is InChI=1S/C4H10N2.C4H4S.FH.H2S/c1-2-6-4-3-5-1;1-2-4-5-3-1;;/h5-6H,1-4H2;1-4H;1H;1H2. The summed E-state index contributed by atoms with van der Waals surface area (Å²) in [6.07, 6.45) is 0. The van der Waals surface area contributed by atoms with Crippen LogP contribution in [0.2, 0.25) is 0 Å². The largest absolute Gasteiger partial charge is 0.314 e. The zero-order valence-corrected chi connectivity index (χ0v) is 9.27. The maximum atomic E-state index is 3.22. The molecule has 1 aliphatic rings. The van der Waals surface area contributed by atoms with Crippen molar-refractivity contribution in [3.8, 4) is 0 Å². The highest BCUT2D eigenvalue weighted by atomic mass is 32.1. The molecule has 2 nitrogen and oxygen atoms in total. The van der Waals surface area contributed by atoms with Gasteiger partial charge in [0.1, 0.15) is 0 Å². The summed E-state index contributed by atoms with van der Waals surface area (Å²) in [4.78, 5) is 0. The third-order valence-electron chi connectivity index (χ3n) is 1.38. The number of halogens is 1. The van der Waals surface area contributed by atoms with Crippen LogP contribution in [-0.4, -0.2) is 26.2 Å². The molecule has 0 atom stereocenters. The van der Waals surface area contributed by atoms with Gasteiger partial charge in [-0.2, -0.15) is 24.8 Å². The molecule has 0 bridgehead atoms. The summed E-state index contributed by atoms with van der Waals surface area (Å²) in [5.74, 6) is 0. The molecule has 13 heavy (non-hydrogen) atoms. The number of hydrogen-bond acceptors (Lipinski definition) is 3. The highest BCUT2D eigenvalue weighted by Gasteiger charge is 1.91. The average molecular weight is 224 g/mol. The first-order valence-electron chi connectivity index (χ1n) is 3.89. The van der Waals surface area contributed by atoms with E-state index in [1.165, 1.54) is 0 Å². The molecule has 1 fully saturated rings. The van der Waals surface area contributed by atoms with Crippen LogP contribution in [0.15, 0.2) is 22.9 Å². The lowest BCUT2D eigenvalue weighted by molar-refractivity contribution is 0.534. The topological polar surface area (TPSA) is 24.1 Å². The van der Waals surface area contributed by atoms with Crippen LogP contribution in [0.5, 0.6) is 0 Å². The van der Waals surface area contributed by atoms with Crippen molar-refractivity contribution in [3.63, 3.8) is 0 Å². The number of hydrogen-bond donors (Lipinski definition) is 2. The summed E-state index contributed by atoms with van der Waals surface area (Å²) in [6, 6.07) is 4.04. The van der Waals surface area contributed by atoms with Gasteiger partial charge in [0.15, 0.2) is 0 Å². The molecule has 2 N–H and O–H groups in total. The van der Waals surface area contributed by atoms with Crippen molar-refractivity contribution in [3.05, 3.63) is 22.9 Å². The second kappa shape index (κ2) is 11.9. The maximum absolute atomic E-state index is 3.22. The molecule has 0 saturated carbocycles. The molecule has 1 aromatic heterocycles. The van der Waals surface area contributed by atoms with Gasteiger partial charge in [-0.05, 0) is 10.8 Å². The third kappa shape index (κ3) is 9.82. The average Bonchev–Trinajstić information content (AvgIpc) is 2.64. The van der Waals surface area contributed by atoms with Gasteiger partial charge in [-0.3, -0.25) is 4.70 Å². The van der Waals surface area contributed by atoms with Crippen molar-refractivity contribution in [1.29, 1.82) is 0 Å². The predicted octanol–water partition coefficient (Wildman–Crippen LogP) is 1.19. The molecule has 0 spiro atoms. The van der Waals surface area contributed by atoms with E-state index in [4.69, 9.17) is 0 Å². The van der Waals surface area contributed by atoms with Crippen LogP contribution >= 0.6 is 24.8 Å². The van der Waals surface area contributed by atoms with Crippen molar-refractivity contribution in [2.24, 2.45) is 0 Å². The van der Waals surface area contributed by atoms with E-state index >= 15 is 0 Å². The van der Waals surface area contributed by atoms with Gasteiger partial charge in [0.2, 0.25) is 0 Å². The summed E-state index contributed by atoms with van der Waals surface area (Å²) in [5.41, 5.74) is 0. The van der Waals surface area contributed by atoms with Gasteiger partial charge in [-0.1, -0.05) is 12.1 Å². The smallest absolute Gasteiger partial charge is 0.00772 e. The van der Waals surface area contributed by atoms with E-state index in [-0.39, 0.29) is 18.2 Å². The molecule has 0 radical (unpaired) electrons. The van der Waals surface area contributed by atoms with Crippen LogP contribution in [0.25, 0.3) is 0 Å². The van der Waals surface area contributed by atoms with Gasteiger partial charge in [0, 0.05) is 26.2 Å². The molecule has 1 aromatic rings. The van der Waals surface area contributed by atoms with Gasteiger partial charge in [0.05, 0.1) is 0 Å². The first kappa shape index (κ1) is 15.4. The Kier molecular flexibility index (Phi) is 14.1. The first-order valence-corrected chi connectivity index (χ1v) is 4.83. The molecule has 1 saturated heterocycles. The van der Waals surface area contributed by atoms with Crippen molar-refractivity contribution in [2.45, 2.75) is 0 Å². The van der Waals surface area contributed by atoms with Gasteiger partial charge in [0.25, 0.3) is 0 Å². The molecule has 78 valence electrons. The molecular formula is C8H17FN2S2. The number of rotatable bonds is 0. The van der Waals surface area contributed by atoms with E-state index in [9.17, 15) is 0 Å². The van der Waals surface area contributed by atoms with Gasteiger partial charge >= 0.3 is 0 Å². The molecule has 5 heteroatoms. The zero-order chi connectivity index (χ0) is 7.78. The number of piperazine rings is 1. The Bertz CT molecular complexity index is 126. The van der Waals surface area contributed by atoms with Crippen molar-refractivity contribution >= 4 is 24.8 Å². The van der Waals surface area contributed by atoms with Crippen molar-refractivity contribution < 1.29 is 4.70 Å². The highest BCUT2D eigenvalue weighted by Crippen LogP contribution is 1.91. The lowest BCUT2D eigenvalue weighted by Crippen LogP contribution is -2.39. The fraction of sp³-hybridized carbons (Fsp3) is 0.500. The summed E-state index contributed by atoms with van der Waals surface area (Å²) >= 11 is 1.71. The summed E-state index contributed by atoms with van der Waals surface area (Å²) in [5, 5.41) is 10.5. The van der Waals surface area contributed by atoms with Crippen LogP contribution < -0.4 is 10.6 Å². The summed E-state index contributed by atoms with van der Waals surface area (Å²) in [7, 11) is 0. The summed E-state index contributed by atoms with van der Waals surface area (Å²) in [6.45, 7) is 4.56. The van der Waals surface area contributed by atoms with Gasteiger partial charge in [-0.15, -0.1) is 0 Å². The minimum absolute atomic E-state index is 0. The molecule has 2 heterocycles.